The Morgan fingerprint density at radius 1 is 0.787 bits per heavy atom. The average Bonchev–Trinajstić information content (AvgIpc) is 3.06. The Bertz CT molecular complexity index is 999. The topological polar surface area (TPSA) is 54.0 Å². The highest BCUT2D eigenvalue weighted by molar-refractivity contribution is 6.74. The van der Waals surface area contributed by atoms with Crippen LogP contribution in [0.15, 0.2) is 42.5 Å². The lowest BCUT2D eigenvalue weighted by Gasteiger charge is -2.39. The van der Waals surface area contributed by atoms with E-state index in [1.165, 1.54) is 0 Å². The summed E-state index contributed by atoms with van der Waals surface area (Å²) in [4.78, 5) is 13.3. The fraction of sp³-hybridized carbons (Fsp3) is 0.769. The van der Waals surface area contributed by atoms with Gasteiger partial charge in [-0.15, -0.1) is 0 Å². The second-order valence-electron chi connectivity index (χ2n) is 15.4. The van der Waals surface area contributed by atoms with Crippen LogP contribution in [0.2, 0.25) is 54.4 Å². The molecule has 0 N–H and O–H groups in total. The minimum absolute atomic E-state index is 0.0675. The van der Waals surface area contributed by atoms with E-state index in [1.54, 1.807) is 6.08 Å². The van der Waals surface area contributed by atoms with Crippen LogP contribution in [-0.2, 0) is 29.4 Å². The van der Waals surface area contributed by atoms with Crippen LogP contribution >= 0.6 is 0 Å². The molecule has 0 spiro atoms. The number of rotatable bonds is 25. The molecule has 0 aliphatic rings. The lowest BCUT2D eigenvalue weighted by Crippen LogP contribution is -2.44. The standard InChI is InChI=1S/C39H74O5Si3/c1-14-46(15-2,16-3)43-37(29-30-42-45(12,13)39(9,10)11)33(7)25-27-36(40)28-26-34(8)38(44-47(17-4,18-5)19-6)32-41-31-35-23-21-20-22-24-35/h20-24,26,28,33-34,37-38H,14-19,25,27,29-32H2,1-13H3/b28-26+/t33-,34-,37+,38-/m0/s1. The van der Waals surface area contributed by atoms with Crippen LogP contribution in [0.4, 0.5) is 0 Å². The van der Waals surface area contributed by atoms with Crippen molar-refractivity contribution < 1.29 is 22.8 Å². The number of ether oxygens (including phenoxy) is 1. The van der Waals surface area contributed by atoms with E-state index in [4.69, 9.17) is 18.0 Å². The molecule has 272 valence electrons. The number of hydrogen-bond acceptors (Lipinski definition) is 5. The molecule has 47 heavy (non-hydrogen) atoms. The second-order valence-corrected chi connectivity index (χ2v) is 29.7. The fourth-order valence-electron chi connectivity index (χ4n) is 5.93. The molecule has 0 unspecified atom stereocenters. The number of carbonyl (C=O) groups is 1. The normalized spacial score (nSPS) is 15.9. The van der Waals surface area contributed by atoms with Crippen LogP contribution in [0, 0.1) is 11.8 Å². The first-order chi connectivity index (χ1) is 22.1. The molecule has 5 nitrogen and oxygen atoms in total. The van der Waals surface area contributed by atoms with Gasteiger partial charge in [0.2, 0.25) is 0 Å². The van der Waals surface area contributed by atoms with Crippen molar-refractivity contribution in [1.82, 2.24) is 0 Å². The van der Waals surface area contributed by atoms with Crippen molar-refractivity contribution in [1.29, 1.82) is 0 Å². The van der Waals surface area contributed by atoms with E-state index in [1.807, 2.05) is 18.2 Å². The SMILES string of the molecule is CC[Si](CC)(CC)O[C@@H](COCc1ccccc1)[C@@H](C)/C=C/C(=O)CC[C@H](C)[C@@H](CCO[Si](C)(C)C(C)(C)C)O[Si](CC)(CC)CC. The van der Waals surface area contributed by atoms with E-state index in [9.17, 15) is 4.79 Å². The van der Waals surface area contributed by atoms with Gasteiger partial charge in [0.1, 0.15) is 0 Å². The average molecular weight is 707 g/mol. The van der Waals surface area contributed by atoms with Gasteiger partial charge in [0.05, 0.1) is 19.3 Å². The van der Waals surface area contributed by atoms with Crippen LogP contribution in [0.5, 0.6) is 0 Å². The Morgan fingerprint density at radius 2 is 1.30 bits per heavy atom. The summed E-state index contributed by atoms with van der Waals surface area (Å²) < 4.78 is 26.8. The Kier molecular flexibility index (Phi) is 20.1. The molecule has 0 aliphatic heterocycles. The summed E-state index contributed by atoms with van der Waals surface area (Å²) in [5.74, 6) is 0.550. The summed E-state index contributed by atoms with van der Waals surface area (Å²) in [6.07, 6.45) is 6.16. The maximum Gasteiger partial charge on any atom is 0.192 e. The van der Waals surface area contributed by atoms with E-state index < -0.39 is 25.0 Å². The van der Waals surface area contributed by atoms with Crippen molar-refractivity contribution in [2.75, 3.05) is 13.2 Å². The molecule has 1 aromatic rings. The zero-order valence-corrected chi connectivity index (χ0v) is 35.9. The molecule has 0 aromatic heterocycles. The van der Waals surface area contributed by atoms with Gasteiger partial charge in [0.15, 0.2) is 30.7 Å². The molecule has 0 heterocycles. The van der Waals surface area contributed by atoms with Crippen LogP contribution in [-0.4, -0.2) is 56.2 Å². The first kappa shape index (κ1) is 44.1. The summed E-state index contributed by atoms with van der Waals surface area (Å²) in [5, 5.41) is 0.186. The van der Waals surface area contributed by atoms with Crippen molar-refractivity contribution >= 4 is 30.7 Å². The summed E-state index contributed by atoms with van der Waals surface area (Å²) in [5.41, 5.74) is 1.16. The minimum atomic E-state index is -1.85. The quantitative estimate of drug-likeness (QED) is 0.0748. The van der Waals surface area contributed by atoms with Crippen LogP contribution in [0.3, 0.4) is 0 Å². The smallest absolute Gasteiger partial charge is 0.192 e. The third-order valence-corrected chi connectivity index (χ3v) is 25.3. The number of hydrogen-bond donors (Lipinski definition) is 0. The molecule has 4 atom stereocenters. The van der Waals surface area contributed by atoms with Gasteiger partial charge in [-0.3, -0.25) is 4.79 Å². The Morgan fingerprint density at radius 3 is 1.79 bits per heavy atom. The molecule has 0 fully saturated rings. The van der Waals surface area contributed by atoms with Crippen molar-refractivity contribution in [3.8, 4) is 0 Å². The van der Waals surface area contributed by atoms with Crippen LogP contribution in [0.25, 0.3) is 0 Å². The molecule has 0 bridgehead atoms. The van der Waals surface area contributed by atoms with Crippen molar-refractivity contribution in [3.05, 3.63) is 48.0 Å². The predicted molar refractivity (Wildman–Crippen MR) is 210 cm³/mol. The maximum absolute atomic E-state index is 13.3. The van der Waals surface area contributed by atoms with Crippen molar-refractivity contribution in [3.63, 3.8) is 0 Å². The molecule has 8 heteroatoms. The van der Waals surface area contributed by atoms with Gasteiger partial charge in [0.25, 0.3) is 0 Å². The van der Waals surface area contributed by atoms with E-state index in [0.717, 1.165) is 61.3 Å². The first-order valence-electron chi connectivity index (χ1n) is 18.9. The fourth-order valence-corrected chi connectivity index (χ4v) is 12.9. The lowest BCUT2D eigenvalue weighted by molar-refractivity contribution is -0.115. The molecule has 1 aromatic carbocycles. The highest BCUT2D eigenvalue weighted by Gasteiger charge is 2.38. The van der Waals surface area contributed by atoms with Crippen molar-refractivity contribution in [2.24, 2.45) is 11.8 Å². The van der Waals surface area contributed by atoms with E-state index in [-0.39, 0.29) is 34.9 Å². The molecule has 0 saturated heterocycles. The maximum atomic E-state index is 13.3. The summed E-state index contributed by atoms with van der Waals surface area (Å²) in [7, 11) is -5.49. The predicted octanol–water partition coefficient (Wildman–Crippen LogP) is 11.6. The number of carbonyl (C=O) groups excluding carboxylic acids is 1. The highest BCUT2D eigenvalue weighted by atomic mass is 28.4. The minimum Gasteiger partial charge on any atom is -0.417 e. The Hall–Kier alpha value is -0.879. The van der Waals surface area contributed by atoms with E-state index in [0.29, 0.717) is 19.6 Å². The van der Waals surface area contributed by atoms with Gasteiger partial charge < -0.3 is 18.0 Å². The van der Waals surface area contributed by atoms with Gasteiger partial charge in [-0.1, -0.05) is 113 Å². The molecule has 1 rings (SSSR count). The Balaban J connectivity index is 2.96. The zero-order chi connectivity index (χ0) is 35.7. The second kappa shape index (κ2) is 21.4. The van der Waals surface area contributed by atoms with Crippen LogP contribution < -0.4 is 0 Å². The van der Waals surface area contributed by atoms with Crippen LogP contribution in [0.1, 0.15) is 101 Å². The number of allylic oxidation sites excluding steroid dienone is 1. The molecule has 0 saturated carbocycles. The largest absolute Gasteiger partial charge is 0.417 e. The highest BCUT2D eigenvalue weighted by Crippen LogP contribution is 2.37. The molecular weight excluding hydrogens is 633 g/mol. The van der Waals surface area contributed by atoms with Gasteiger partial charge in [-0.05, 0) is 84.8 Å². The van der Waals surface area contributed by atoms with E-state index >= 15 is 0 Å². The molecule has 0 amide bonds. The summed E-state index contributed by atoms with van der Waals surface area (Å²) >= 11 is 0. The van der Waals surface area contributed by atoms with Gasteiger partial charge in [-0.25, -0.2) is 0 Å². The van der Waals surface area contributed by atoms with Gasteiger partial charge >= 0.3 is 0 Å². The number of ketones is 1. The monoisotopic (exact) mass is 706 g/mol. The lowest BCUT2D eigenvalue weighted by atomic mass is 9.95. The first-order valence-corrected chi connectivity index (χ1v) is 26.9. The van der Waals surface area contributed by atoms with E-state index in [2.05, 4.69) is 107 Å². The summed E-state index contributed by atoms with van der Waals surface area (Å²) in [6.45, 7) is 31.4. The molecular formula is C39H74O5Si3. The van der Waals surface area contributed by atoms with Crippen molar-refractivity contribution in [2.45, 2.75) is 169 Å². The third-order valence-electron chi connectivity index (χ3n) is 11.4. The molecule has 0 radical (unpaired) electrons. The summed E-state index contributed by atoms with van der Waals surface area (Å²) in [6, 6.07) is 16.9. The Labute approximate surface area is 294 Å². The number of benzene rings is 1. The zero-order valence-electron chi connectivity index (χ0n) is 32.9. The van der Waals surface area contributed by atoms with Gasteiger partial charge in [0, 0.05) is 25.0 Å². The third kappa shape index (κ3) is 14.9. The molecule has 0 aliphatic carbocycles. The van der Waals surface area contributed by atoms with Gasteiger partial charge in [-0.2, -0.15) is 0 Å².